The summed E-state index contributed by atoms with van der Waals surface area (Å²) in [5, 5.41) is 14.8. The molecule has 5 heteroatoms. The molecule has 25 heavy (non-hydrogen) atoms. The van der Waals surface area contributed by atoms with Gasteiger partial charge in [0.2, 0.25) is 11.8 Å². The van der Waals surface area contributed by atoms with E-state index < -0.39 is 0 Å². The van der Waals surface area contributed by atoms with E-state index in [1.165, 1.54) is 4.52 Å². The summed E-state index contributed by atoms with van der Waals surface area (Å²) < 4.78 is 7.11. The van der Waals surface area contributed by atoms with E-state index in [4.69, 9.17) is 4.74 Å². The van der Waals surface area contributed by atoms with Crippen LogP contribution in [0.2, 0.25) is 0 Å². The maximum absolute atomic E-state index is 10.5. The van der Waals surface area contributed by atoms with Gasteiger partial charge >= 0.3 is 0 Å². The number of imidazole rings is 1. The summed E-state index contributed by atoms with van der Waals surface area (Å²) in [6.45, 7) is 2.44. The van der Waals surface area contributed by atoms with Gasteiger partial charge in [-0.1, -0.05) is 60.2 Å². The van der Waals surface area contributed by atoms with Gasteiger partial charge in [0.1, 0.15) is 12.3 Å². The van der Waals surface area contributed by atoms with Gasteiger partial charge in [-0.2, -0.15) is 4.52 Å². The van der Waals surface area contributed by atoms with Crippen molar-refractivity contribution < 1.29 is 9.84 Å². The van der Waals surface area contributed by atoms with Crippen molar-refractivity contribution in [1.82, 2.24) is 14.6 Å². The Morgan fingerprint density at radius 1 is 0.960 bits per heavy atom. The molecule has 0 saturated carbocycles. The smallest absolute Gasteiger partial charge is 0.241 e. The molecule has 0 fully saturated rings. The fourth-order valence-corrected chi connectivity index (χ4v) is 2.62. The highest BCUT2D eigenvalue weighted by atomic mass is 16.5. The second kappa shape index (κ2) is 6.28. The lowest BCUT2D eigenvalue weighted by molar-refractivity contribution is 0.287. The van der Waals surface area contributed by atoms with Gasteiger partial charge in [0.15, 0.2) is 5.65 Å². The fraction of sp³-hybridized carbons (Fsp3) is 0.100. The van der Waals surface area contributed by atoms with Crippen LogP contribution in [-0.2, 0) is 6.61 Å². The van der Waals surface area contributed by atoms with Gasteiger partial charge in [-0.25, -0.2) is 4.98 Å². The van der Waals surface area contributed by atoms with Crippen LogP contribution in [0.15, 0.2) is 66.7 Å². The van der Waals surface area contributed by atoms with E-state index in [0.29, 0.717) is 23.8 Å². The van der Waals surface area contributed by atoms with Crippen LogP contribution < -0.4 is 4.74 Å². The molecular formula is C20H17N3O2. The lowest BCUT2D eigenvalue weighted by Gasteiger charge is -2.05. The molecule has 0 saturated heterocycles. The average molecular weight is 331 g/mol. The number of aromatic nitrogens is 3. The number of hydrogen-bond acceptors (Lipinski definition) is 4. The molecule has 4 rings (SSSR count). The Morgan fingerprint density at radius 3 is 2.48 bits per heavy atom. The molecule has 0 unspecified atom stereocenters. The summed E-state index contributed by atoms with van der Waals surface area (Å²) in [5.41, 5.74) is 4.13. The molecule has 0 bridgehead atoms. The largest absolute Gasteiger partial charge is 0.492 e. The van der Waals surface area contributed by atoms with E-state index in [1.54, 1.807) is 12.1 Å². The maximum atomic E-state index is 10.5. The third kappa shape index (κ3) is 3.04. The van der Waals surface area contributed by atoms with Crippen molar-refractivity contribution in [3.05, 3.63) is 77.9 Å². The number of hydrogen-bond donors (Lipinski definition) is 1. The predicted octanol–water partition coefficient (Wildman–Crippen LogP) is 3.99. The summed E-state index contributed by atoms with van der Waals surface area (Å²) in [4.78, 5) is 4.47. The third-order valence-electron chi connectivity index (χ3n) is 3.98. The van der Waals surface area contributed by atoms with Gasteiger partial charge in [0, 0.05) is 11.6 Å². The van der Waals surface area contributed by atoms with Gasteiger partial charge in [-0.05, 0) is 18.6 Å². The highest BCUT2D eigenvalue weighted by Crippen LogP contribution is 2.29. The summed E-state index contributed by atoms with van der Waals surface area (Å²) >= 11 is 0. The molecule has 0 aliphatic rings. The Bertz CT molecular complexity index is 1010. The number of nitrogens with zero attached hydrogens (tertiary/aromatic N) is 3. The second-order valence-electron chi connectivity index (χ2n) is 5.87. The zero-order valence-electron chi connectivity index (χ0n) is 13.8. The van der Waals surface area contributed by atoms with Crippen molar-refractivity contribution in [3.63, 3.8) is 0 Å². The number of fused-ring (bicyclic) bond motifs is 1. The van der Waals surface area contributed by atoms with E-state index >= 15 is 0 Å². The first-order chi connectivity index (χ1) is 12.2. The predicted molar refractivity (Wildman–Crippen MR) is 95.6 cm³/mol. The monoisotopic (exact) mass is 331 g/mol. The van der Waals surface area contributed by atoms with Crippen molar-refractivity contribution in [1.29, 1.82) is 0 Å². The van der Waals surface area contributed by atoms with Crippen LogP contribution >= 0.6 is 0 Å². The zero-order valence-corrected chi connectivity index (χ0v) is 13.8. The first-order valence-electron chi connectivity index (χ1n) is 8.03. The summed E-state index contributed by atoms with van der Waals surface area (Å²) in [6, 6.07) is 21.2. The average Bonchev–Trinajstić information content (AvgIpc) is 2.98. The molecule has 0 aliphatic carbocycles. The van der Waals surface area contributed by atoms with Crippen LogP contribution in [0.5, 0.6) is 11.8 Å². The topological polar surface area (TPSA) is 59.7 Å². The molecule has 2 aromatic carbocycles. The molecule has 5 nitrogen and oxygen atoms in total. The van der Waals surface area contributed by atoms with Gasteiger partial charge < -0.3 is 9.84 Å². The minimum atomic E-state index is 0.00372. The summed E-state index contributed by atoms with van der Waals surface area (Å²) in [5.74, 6) is 0.434. The van der Waals surface area contributed by atoms with E-state index in [1.807, 2.05) is 61.5 Å². The molecular weight excluding hydrogens is 314 g/mol. The van der Waals surface area contributed by atoms with Crippen LogP contribution in [0.1, 0.15) is 11.1 Å². The standard InChI is InChI=1S/C20H17N3O2/c1-14-7-9-16(10-8-14)19-20(24)23-17(21-19)11-12-18(22-23)25-13-15-5-3-2-4-6-15/h2-12,24H,13H2,1H3. The van der Waals surface area contributed by atoms with Crippen molar-refractivity contribution in [2.45, 2.75) is 13.5 Å². The lowest BCUT2D eigenvalue weighted by atomic mass is 10.1. The normalized spacial score (nSPS) is 10.9. The van der Waals surface area contributed by atoms with Crippen molar-refractivity contribution in [3.8, 4) is 23.0 Å². The number of ether oxygens (including phenoxy) is 1. The quantitative estimate of drug-likeness (QED) is 0.614. The molecule has 1 N–H and O–H groups in total. The maximum Gasteiger partial charge on any atom is 0.241 e. The minimum absolute atomic E-state index is 0.00372. The Kier molecular flexibility index (Phi) is 3.82. The van der Waals surface area contributed by atoms with E-state index in [2.05, 4.69) is 10.1 Å². The van der Waals surface area contributed by atoms with Crippen LogP contribution in [0, 0.1) is 6.92 Å². The van der Waals surface area contributed by atoms with Crippen molar-refractivity contribution in [2.75, 3.05) is 0 Å². The fourth-order valence-electron chi connectivity index (χ4n) is 2.62. The zero-order chi connectivity index (χ0) is 17.2. The van der Waals surface area contributed by atoms with E-state index in [-0.39, 0.29) is 5.88 Å². The Labute approximate surface area is 145 Å². The van der Waals surface area contributed by atoms with Crippen LogP contribution in [0.3, 0.4) is 0 Å². The SMILES string of the molecule is Cc1ccc(-c2nc3ccc(OCc4ccccc4)nn3c2O)cc1. The molecule has 0 aliphatic heterocycles. The first-order valence-corrected chi connectivity index (χ1v) is 8.03. The molecule has 2 heterocycles. The van der Waals surface area contributed by atoms with E-state index in [9.17, 15) is 5.11 Å². The second-order valence-corrected chi connectivity index (χ2v) is 5.87. The number of aryl methyl sites for hydroxylation is 1. The van der Waals surface area contributed by atoms with Gasteiger partial charge in [-0.15, -0.1) is 5.10 Å². The Morgan fingerprint density at radius 2 is 1.72 bits per heavy atom. The van der Waals surface area contributed by atoms with Gasteiger partial charge in [0.05, 0.1) is 0 Å². The minimum Gasteiger partial charge on any atom is -0.492 e. The van der Waals surface area contributed by atoms with Crippen LogP contribution in [-0.4, -0.2) is 19.7 Å². The molecule has 2 aromatic heterocycles. The van der Waals surface area contributed by atoms with Gasteiger partial charge in [-0.3, -0.25) is 0 Å². The molecule has 4 aromatic rings. The third-order valence-corrected chi connectivity index (χ3v) is 3.98. The highest BCUT2D eigenvalue weighted by Gasteiger charge is 2.14. The van der Waals surface area contributed by atoms with Gasteiger partial charge in [0.25, 0.3) is 0 Å². The molecule has 124 valence electrons. The number of rotatable bonds is 4. The van der Waals surface area contributed by atoms with Crippen molar-refractivity contribution >= 4 is 5.65 Å². The van der Waals surface area contributed by atoms with Crippen LogP contribution in [0.4, 0.5) is 0 Å². The lowest BCUT2D eigenvalue weighted by Crippen LogP contribution is -2.00. The molecule has 0 amide bonds. The summed E-state index contributed by atoms with van der Waals surface area (Å²) in [7, 11) is 0. The highest BCUT2D eigenvalue weighted by molar-refractivity contribution is 5.68. The number of aromatic hydroxyl groups is 1. The van der Waals surface area contributed by atoms with Crippen LogP contribution in [0.25, 0.3) is 16.9 Å². The number of benzene rings is 2. The van der Waals surface area contributed by atoms with E-state index in [0.717, 1.165) is 16.7 Å². The molecule has 0 atom stereocenters. The summed E-state index contributed by atoms with van der Waals surface area (Å²) in [6.07, 6.45) is 0. The Hall–Kier alpha value is -3.34. The molecule has 0 radical (unpaired) electrons. The first kappa shape index (κ1) is 15.2. The van der Waals surface area contributed by atoms with Crippen molar-refractivity contribution in [2.24, 2.45) is 0 Å². The molecule has 0 spiro atoms. The Balaban J connectivity index is 1.64.